The van der Waals surface area contributed by atoms with Crippen molar-refractivity contribution in [1.29, 1.82) is 0 Å². The van der Waals surface area contributed by atoms with E-state index in [-0.39, 0.29) is 5.54 Å². The van der Waals surface area contributed by atoms with Crippen molar-refractivity contribution in [3.8, 4) is 0 Å². The predicted molar refractivity (Wildman–Crippen MR) is 76.4 cm³/mol. The quantitative estimate of drug-likeness (QED) is 0.685. The van der Waals surface area contributed by atoms with Gasteiger partial charge in [0.05, 0.1) is 12.8 Å². The molecule has 1 aromatic heterocycles. The minimum atomic E-state index is 0.0700. The molecule has 0 aliphatic carbocycles. The van der Waals surface area contributed by atoms with Gasteiger partial charge >= 0.3 is 0 Å². The molecule has 0 aromatic carbocycles. The van der Waals surface area contributed by atoms with Crippen LogP contribution in [0.1, 0.15) is 51.7 Å². The van der Waals surface area contributed by atoms with Crippen molar-refractivity contribution in [3.05, 3.63) is 24.2 Å². The summed E-state index contributed by atoms with van der Waals surface area (Å²) >= 11 is 0. The van der Waals surface area contributed by atoms with E-state index < -0.39 is 0 Å². The molecule has 1 aromatic rings. The van der Waals surface area contributed by atoms with Gasteiger partial charge in [-0.15, -0.1) is 0 Å². The molecular weight excluding hydrogens is 224 g/mol. The fourth-order valence-corrected chi connectivity index (χ4v) is 2.21. The maximum atomic E-state index is 5.98. The first-order valence-electron chi connectivity index (χ1n) is 7.06. The first-order chi connectivity index (χ1) is 8.62. The van der Waals surface area contributed by atoms with Gasteiger partial charge in [-0.05, 0) is 32.5 Å². The van der Waals surface area contributed by atoms with Crippen LogP contribution in [0, 0.1) is 0 Å². The fraction of sp³-hybridized carbons (Fsp3) is 0.733. The van der Waals surface area contributed by atoms with Gasteiger partial charge < -0.3 is 10.2 Å². The number of furan rings is 1. The van der Waals surface area contributed by atoms with Crippen LogP contribution in [-0.4, -0.2) is 24.0 Å². The predicted octanol–water partition coefficient (Wildman–Crippen LogP) is 3.40. The molecule has 1 rings (SSSR count). The molecule has 0 saturated carbocycles. The number of nitrogens with zero attached hydrogens (tertiary/aromatic N) is 1. The van der Waals surface area contributed by atoms with Crippen molar-refractivity contribution in [2.45, 2.75) is 58.0 Å². The molecule has 104 valence electrons. The van der Waals surface area contributed by atoms with E-state index in [1.807, 2.05) is 12.1 Å². The van der Waals surface area contributed by atoms with Crippen LogP contribution in [0.5, 0.6) is 0 Å². The van der Waals surface area contributed by atoms with Crippen LogP contribution in [0.3, 0.4) is 0 Å². The third-order valence-electron chi connectivity index (χ3n) is 3.90. The molecule has 0 aliphatic heterocycles. The molecule has 0 bridgehead atoms. The Bertz CT molecular complexity index is 310. The molecule has 18 heavy (non-hydrogen) atoms. The second-order valence-corrected chi connectivity index (χ2v) is 5.45. The van der Waals surface area contributed by atoms with Gasteiger partial charge in [0, 0.05) is 12.1 Å². The second kappa shape index (κ2) is 7.59. The summed E-state index contributed by atoms with van der Waals surface area (Å²) < 4.78 is 5.40. The third-order valence-corrected chi connectivity index (χ3v) is 3.90. The summed E-state index contributed by atoms with van der Waals surface area (Å²) in [5.74, 6) is 1.01. The van der Waals surface area contributed by atoms with Crippen molar-refractivity contribution < 1.29 is 4.42 Å². The van der Waals surface area contributed by atoms with Gasteiger partial charge in [0.2, 0.25) is 0 Å². The van der Waals surface area contributed by atoms with E-state index in [1.54, 1.807) is 6.26 Å². The Morgan fingerprint density at radius 1 is 1.33 bits per heavy atom. The number of hydrogen-bond donors (Lipinski definition) is 1. The molecule has 1 heterocycles. The first kappa shape index (κ1) is 15.3. The number of likely N-dealkylation sites (N-methyl/N-ethyl adjacent to an activating group) is 1. The van der Waals surface area contributed by atoms with E-state index in [4.69, 9.17) is 10.2 Å². The van der Waals surface area contributed by atoms with Crippen molar-refractivity contribution >= 4 is 0 Å². The molecular formula is C15H28N2O. The molecule has 3 nitrogen and oxygen atoms in total. The zero-order chi connectivity index (χ0) is 13.4. The molecule has 0 radical (unpaired) electrons. The lowest BCUT2D eigenvalue weighted by Crippen LogP contribution is -2.49. The Hall–Kier alpha value is -0.800. The zero-order valence-corrected chi connectivity index (χ0v) is 12.1. The van der Waals surface area contributed by atoms with Crippen LogP contribution in [0.4, 0.5) is 0 Å². The minimum Gasteiger partial charge on any atom is -0.468 e. The molecule has 0 spiro atoms. The van der Waals surface area contributed by atoms with E-state index in [0.717, 1.165) is 18.7 Å². The van der Waals surface area contributed by atoms with Crippen LogP contribution >= 0.6 is 0 Å². The first-order valence-corrected chi connectivity index (χ1v) is 7.06. The average Bonchev–Trinajstić information content (AvgIpc) is 2.87. The third kappa shape index (κ3) is 4.46. The van der Waals surface area contributed by atoms with Crippen molar-refractivity contribution in [2.24, 2.45) is 5.73 Å². The van der Waals surface area contributed by atoms with E-state index in [0.29, 0.717) is 6.54 Å². The Labute approximate surface area is 111 Å². The van der Waals surface area contributed by atoms with Gasteiger partial charge in [-0.3, -0.25) is 4.90 Å². The molecule has 3 heteroatoms. The molecule has 0 saturated heterocycles. The fourth-order valence-electron chi connectivity index (χ4n) is 2.21. The van der Waals surface area contributed by atoms with Gasteiger partial charge in [0.15, 0.2) is 0 Å². The highest BCUT2D eigenvalue weighted by atomic mass is 16.3. The smallest absolute Gasteiger partial charge is 0.117 e. The van der Waals surface area contributed by atoms with Gasteiger partial charge in [-0.25, -0.2) is 0 Å². The molecule has 2 N–H and O–H groups in total. The van der Waals surface area contributed by atoms with Gasteiger partial charge in [-0.2, -0.15) is 0 Å². The summed E-state index contributed by atoms with van der Waals surface area (Å²) in [5.41, 5.74) is 6.05. The summed E-state index contributed by atoms with van der Waals surface area (Å²) in [6.45, 7) is 6.01. The Morgan fingerprint density at radius 3 is 2.67 bits per heavy atom. The van der Waals surface area contributed by atoms with Crippen LogP contribution in [0.2, 0.25) is 0 Å². The van der Waals surface area contributed by atoms with E-state index in [1.165, 1.54) is 25.7 Å². The largest absolute Gasteiger partial charge is 0.468 e. The van der Waals surface area contributed by atoms with Crippen LogP contribution in [0.15, 0.2) is 22.8 Å². The second-order valence-electron chi connectivity index (χ2n) is 5.45. The Balaban J connectivity index is 2.45. The minimum absolute atomic E-state index is 0.0700. The molecule has 0 aliphatic rings. The topological polar surface area (TPSA) is 42.4 Å². The number of rotatable bonds is 9. The number of nitrogens with two attached hydrogens (primary N) is 1. The lowest BCUT2D eigenvalue weighted by atomic mass is 9.92. The highest BCUT2D eigenvalue weighted by Gasteiger charge is 2.27. The van der Waals surface area contributed by atoms with Crippen molar-refractivity contribution in [1.82, 2.24) is 4.90 Å². The van der Waals surface area contributed by atoms with Crippen LogP contribution in [-0.2, 0) is 6.54 Å². The lowest BCUT2D eigenvalue weighted by Gasteiger charge is -2.37. The van der Waals surface area contributed by atoms with E-state index >= 15 is 0 Å². The highest BCUT2D eigenvalue weighted by molar-refractivity contribution is 4.99. The summed E-state index contributed by atoms with van der Waals surface area (Å²) in [5, 5.41) is 0. The Morgan fingerprint density at radius 2 is 2.11 bits per heavy atom. The molecule has 1 unspecified atom stereocenters. The summed E-state index contributed by atoms with van der Waals surface area (Å²) in [7, 11) is 2.13. The lowest BCUT2D eigenvalue weighted by molar-refractivity contribution is 0.114. The van der Waals surface area contributed by atoms with Gasteiger partial charge in [0.25, 0.3) is 0 Å². The van der Waals surface area contributed by atoms with E-state index in [2.05, 4.69) is 25.8 Å². The Kier molecular flexibility index (Phi) is 6.44. The molecule has 0 amide bonds. The highest BCUT2D eigenvalue weighted by Crippen LogP contribution is 2.22. The standard InChI is InChI=1S/C15H28N2O/c1-4-5-6-7-10-15(2,13-16)17(3)12-14-9-8-11-18-14/h8-9,11H,4-7,10,12-13,16H2,1-3H3. The summed E-state index contributed by atoms with van der Waals surface area (Å²) in [6.07, 6.45) is 8.04. The molecule has 1 atom stereocenters. The number of hydrogen-bond acceptors (Lipinski definition) is 3. The van der Waals surface area contributed by atoms with Crippen molar-refractivity contribution in [2.75, 3.05) is 13.6 Å². The van der Waals surface area contributed by atoms with E-state index in [9.17, 15) is 0 Å². The molecule has 0 fully saturated rings. The van der Waals surface area contributed by atoms with Gasteiger partial charge in [0.1, 0.15) is 5.76 Å². The summed E-state index contributed by atoms with van der Waals surface area (Å²) in [4.78, 5) is 2.32. The average molecular weight is 252 g/mol. The normalized spacial score (nSPS) is 14.9. The van der Waals surface area contributed by atoms with Crippen LogP contribution in [0.25, 0.3) is 0 Å². The summed E-state index contributed by atoms with van der Waals surface area (Å²) in [6, 6.07) is 3.95. The monoisotopic (exact) mass is 252 g/mol. The maximum Gasteiger partial charge on any atom is 0.117 e. The SMILES string of the molecule is CCCCCCC(C)(CN)N(C)Cc1ccco1. The van der Waals surface area contributed by atoms with Crippen molar-refractivity contribution in [3.63, 3.8) is 0 Å². The maximum absolute atomic E-state index is 5.98. The number of unbranched alkanes of at least 4 members (excludes halogenated alkanes) is 3. The van der Waals surface area contributed by atoms with Gasteiger partial charge in [-0.1, -0.05) is 32.6 Å². The van der Waals surface area contributed by atoms with Crippen LogP contribution < -0.4 is 5.73 Å². The zero-order valence-electron chi connectivity index (χ0n) is 12.1.